The van der Waals surface area contributed by atoms with Crippen LogP contribution >= 0.6 is 0 Å². The summed E-state index contributed by atoms with van der Waals surface area (Å²) in [5.41, 5.74) is 0. The van der Waals surface area contributed by atoms with Crippen LogP contribution in [0.25, 0.3) is 0 Å². The number of ether oxygens (including phenoxy) is 1. The summed E-state index contributed by atoms with van der Waals surface area (Å²) in [6.07, 6.45) is 3.95. The Morgan fingerprint density at radius 2 is 2.00 bits per heavy atom. The molecule has 0 spiro atoms. The second-order valence-corrected chi connectivity index (χ2v) is 2.88. The van der Waals surface area contributed by atoms with E-state index < -0.39 is 0 Å². The summed E-state index contributed by atoms with van der Waals surface area (Å²) in [5.74, 6) is 0. The van der Waals surface area contributed by atoms with Gasteiger partial charge in [-0.25, -0.2) is 0 Å². The molecule has 0 aromatic heterocycles. The zero-order valence-electron chi connectivity index (χ0n) is 7.39. The van der Waals surface area contributed by atoms with Crippen molar-refractivity contribution < 1.29 is 4.74 Å². The van der Waals surface area contributed by atoms with Crippen molar-refractivity contribution in [2.24, 2.45) is 0 Å². The van der Waals surface area contributed by atoms with Gasteiger partial charge in [-0.15, -0.1) is 0 Å². The molecule has 0 heterocycles. The van der Waals surface area contributed by atoms with Crippen LogP contribution in [0.4, 0.5) is 0 Å². The maximum atomic E-state index is 5.58. The van der Waals surface area contributed by atoms with Gasteiger partial charge >= 0.3 is 0 Å². The Labute approximate surface area is 64.8 Å². The first-order chi connectivity index (χ1) is 4.70. The molecule has 1 unspecified atom stereocenters. The highest BCUT2D eigenvalue weighted by Crippen LogP contribution is 2.08. The van der Waals surface area contributed by atoms with E-state index in [1.165, 1.54) is 6.42 Å². The van der Waals surface area contributed by atoms with E-state index >= 15 is 0 Å². The van der Waals surface area contributed by atoms with E-state index in [0.717, 1.165) is 12.8 Å². The van der Waals surface area contributed by atoms with E-state index in [1.54, 1.807) is 0 Å². The minimum atomic E-state index is 0.346. The summed E-state index contributed by atoms with van der Waals surface area (Å²) < 4.78 is 5.58. The topological polar surface area (TPSA) is 9.23 Å². The van der Waals surface area contributed by atoms with Gasteiger partial charge in [0.1, 0.15) is 0 Å². The molecular weight excluding hydrogens is 124 g/mol. The fourth-order valence-corrected chi connectivity index (χ4v) is 0.987. The predicted molar refractivity (Wildman–Crippen MR) is 44.9 cm³/mol. The Bertz CT molecular complexity index is 69.1. The molecule has 0 rings (SSSR count). The summed E-state index contributed by atoms with van der Waals surface area (Å²) in [5, 5.41) is 0. The van der Waals surface area contributed by atoms with E-state index in [1.807, 2.05) is 0 Å². The van der Waals surface area contributed by atoms with Crippen LogP contribution in [0.2, 0.25) is 0 Å². The molecular formula is C9H19O. The molecule has 10 heavy (non-hydrogen) atoms. The Kier molecular flexibility index (Phi) is 5.70. The number of rotatable bonds is 5. The molecule has 0 aromatic carbocycles. The van der Waals surface area contributed by atoms with Crippen LogP contribution in [-0.2, 0) is 4.74 Å². The van der Waals surface area contributed by atoms with E-state index in [2.05, 4.69) is 27.7 Å². The van der Waals surface area contributed by atoms with Gasteiger partial charge in [0, 0.05) is 0 Å². The first kappa shape index (κ1) is 9.96. The van der Waals surface area contributed by atoms with Crippen molar-refractivity contribution in [2.45, 2.75) is 52.2 Å². The van der Waals surface area contributed by atoms with E-state index in [0.29, 0.717) is 12.2 Å². The van der Waals surface area contributed by atoms with Gasteiger partial charge in [-0.1, -0.05) is 20.3 Å². The Morgan fingerprint density at radius 3 is 2.30 bits per heavy atom. The average Bonchev–Trinajstić information content (AvgIpc) is 1.86. The van der Waals surface area contributed by atoms with Gasteiger partial charge in [0.15, 0.2) is 0 Å². The largest absolute Gasteiger partial charge is 0.376 e. The molecule has 0 aliphatic carbocycles. The number of hydrogen-bond acceptors (Lipinski definition) is 1. The van der Waals surface area contributed by atoms with Gasteiger partial charge in [-0.3, -0.25) is 0 Å². The normalized spacial score (nSPS) is 14.1. The molecule has 0 saturated carbocycles. The second kappa shape index (κ2) is 5.72. The van der Waals surface area contributed by atoms with E-state index in [-0.39, 0.29) is 0 Å². The van der Waals surface area contributed by atoms with Gasteiger partial charge in [-0.05, 0) is 26.7 Å². The first-order valence-electron chi connectivity index (χ1n) is 4.15. The van der Waals surface area contributed by atoms with Crippen LogP contribution < -0.4 is 0 Å². The summed E-state index contributed by atoms with van der Waals surface area (Å²) >= 11 is 0. The van der Waals surface area contributed by atoms with E-state index in [4.69, 9.17) is 4.74 Å². The molecule has 0 amide bonds. The quantitative estimate of drug-likeness (QED) is 0.575. The van der Waals surface area contributed by atoms with E-state index in [9.17, 15) is 0 Å². The van der Waals surface area contributed by atoms with Gasteiger partial charge in [0.2, 0.25) is 0 Å². The Balaban J connectivity index is 3.39. The molecule has 61 valence electrons. The van der Waals surface area contributed by atoms with Crippen LogP contribution in [0.5, 0.6) is 0 Å². The fourth-order valence-electron chi connectivity index (χ4n) is 0.987. The third-order valence-electron chi connectivity index (χ3n) is 1.40. The maximum Gasteiger partial charge on any atom is 0.0578 e. The lowest BCUT2D eigenvalue weighted by Crippen LogP contribution is -2.16. The molecule has 0 bridgehead atoms. The minimum absolute atomic E-state index is 0.346. The third kappa shape index (κ3) is 4.80. The van der Waals surface area contributed by atoms with Crippen molar-refractivity contribution in [1.82, 2.24) is 0 Å². The van der Waals surface area contributed by atoms with Crippen LogP contribution in [0.15, 0.2) is 0 Å². The molecule has 1 nitrogen and oxygen atoms in total. The standard InChI is InChI=1S/C9H19O/c1-5-7-9(6-2)10-8(3)4/h8-9H,2,5-7H2,1,3-4H3. The zero-order valence-corrected chi connectivity index (χ0v) is 7.39. The first-order valence-corrected chi connectivity index (χ1v) is 4.15. The van der Waals surface area contributed by atoms with Gasteiger partial charge in [0.05, 0.1) is 12.2 Å². The monoisotopic (exact) mass is 143 g/mol. The summed E-state index contributed by atoms with van der Waals surface area (Å²) in [7, 11) is 0. The van der Waals surface area contributed by atoms with Gasteiger partial charge < -0.3 is 4.74 Å². The van der Waals surface area contributed by atoms with Crippen molar-refractivity contribution in [3.05, 3.63) is 6.92 Å². The smallest absolute Gasteiger partial charge is 0.0578 e. The second-order valence-electron chi connectivity index (χ2n) is 2.88. The lowest BCUT2D eigenvalue weighted by molar-refractivity contribution is 0.00449. The van der Waals surface area contributed by atoms with Crippen LogP contribution in [0, 0.1) is 6.92 Å². The summed E-state index contributed by atoms with van der Waals surface area (Å²) in [6, 6.07) is 0. The zero-order chi connectivity index (χ0) is 7.98. The van der Waals surface area contributed by atoms with Crippen LogP contribution in [-0.4, -0.2) is 12.2 Å². The highest BCUT2D eigenvalue weighted by atomic mass is 16.5. The maximum absolute atomic E-state index is 5.58. The Morgan fingerprint density at radius 1 is 1.40 bits per heavy atom. The highest BCUT2D eigenvalue weighted by molar-refractivity contribution is 4.59. The predicted octanol–water partition coefficient (Wildman–Crippen LogP) is 2.80. The fraction of sp³-hybridized carbons (Fsp3) is 0.889. The van der Waals surface area contributed by atoms with Crippen molar-refractivity contribution in [3.63, 3.8) is 0 Å². The number of hydrogen-bond donors (Lipinski definition) is 0. The SMILES string of the molecule is [CH2]CC(CCC)OC(C)C. The Hall–Kier alpha value is -0.0400. The van der Waals surface area contributed by atoms with Crippen molar-refractivity contribution in [2.75, 3.05) is 0 Å². The summed E-state index contributed by atoms with van der Waals surface area (Å²) in [6.45, 7) is 10.1. The lowest BCUT2D eigenvalue weighted by Gasteiger charge is -2.17. The molecule has 0 aliphatic rings. The lowest BCUT2D eigenvalue weighted by atomic mass is 10.1. The van der Waals surface area contributed by atoms with Crippen molar-refractivity contribution in [3.8, 4) is 0 Å². The summed E-state index contributed by atoms with van der Waals surface area (Å²) in [4.78, 5) is 0. The third-order valence-corrected chi connectivity index (χ3v) is 1.40. The van der Waals surface area contributed by atoms with Crippen molar-refractivity contribution >= 4 is 0 Å². The minimum Gasteiger partial charge on any atom is -0.376 e. The molecule has 0 aliphatic heterocycles. The van der Waals surface area contributed by atoms with Gasteiger partial charge in [0.25, 0.3) is 0 Å². The molecule has 0 fully saturated rings. The molecule has 1 heteroatoms. The molecule has 0 N–H and O–H groups in total. The van der Waals surface area contributed by atoms with Crippen molar-refractivity contribution in [1.29, 1.82) is 0 Å². The van der Waals surface area contributed by atoms with Crippen LogP contribution in [0.1, 0.15) is 40.0 Å². The van der Waals surface area contributed by atoms with Crippen LogP contribution in [0.3, 0.4) is 0 Å². The highest BCUT2D eigenvalue weighted by Gasteiger charge is 2.05. The molecule has 1 radical (unpaired) electrons. The van der Waals surface area contributed by atoms with Gasteiger partial charge in [-0.2, -0.15) is 0 Å². The average molecular weight is 143 g/mol. The molecule has 1 atom stereocenters. The molecule has 0 aromatic rings. The molecule has 0 saturated heterocycles.